The van der Waals surface area contributed by atoms with Crippen molar-refractivity contribution in [2.45, 2.75) is 38.7 Å². The predicted molar refractivity (Wildman–Crippen MR) is 72.3 cm³/mol. The molecule has 0 atom stereocenters. The molecule has 0 radical (unpaired) electrons. The molecule has 0 aliphatic carbocycles. The molecule has 100 valence electrons. The lowest BCUT2D eigenvalue weighted by Gasteiger charge is -2.29. The molecule has 4 nitrogen and oxygen atoms in total. The predicted octanol–water partition coefficient (Wildman–Crippen LogP) is 2.73. The monoisotopic (exact) mass is 269 g/mol. The van der Waals surface area contributed by atoms with Gasteiger partial charge in [-0.25, -0.2) is 4.98 Å². The molecule has 1 aliphatic rings. The Morgan fingerprint density at radius 1 is 1.33 bits per heavy atom. The van der Waals surface area contributed by atoms with Gasteiger partial charge in [0, 0.05) is 25.1 Å². The van der Waals surface area contributed by atoms with Crippen LogP contribution < -0.4 is 4.74 Å². The number of ether oxygens (including phenoxy) is 1. The van der Waals surface area contributed by atoms with E-state index in [4.69, 9.17) is 16.3 Å². The van der Waals surface area contributed by atoms with Crippen LogP contribution in [0.1, 0.15) is 38.4 Å². The third-order valence-corrected chi connectivity index (χ3v) is 3.35. The molecule has 0 amide bonds. The summed E-state index contributed by atoms with van der Waals surface area (Å²) in [4.78, 5) is 10.9. The van der Waals surface area contributed by atoms with E-state index in [9.17, 15) is 0 Å². The molecule has 0 unspecified atom stereocenters. The van der Waals surface area contributed by atoms with E-state index in [0.717, 1.165) is 31.8 Å². The summed E-state index contributed by atoms with van der Waals surface area (Å²) in [6.07, 6.45) is 2.32. The first-order valence-corrected chi connectivity index (χ1v) is 6.82. The van der Waals surface area contributed by atoms with E-state index in [0.29, 0.717) is 11.0 Å². The van der Waals surface area contributed by atoms with Crippen LogP contribution in [0, 0.1) is 0 Å². The number of nitrogens with zero attached hydrogens (tertiary/aromatic N) is 3. The molecule has 0 spiro atoms. The summed E-state index contributed by atoms with van der Waals surface area (Å²) in [5, 5.41) is 0.455. The molecule has 1 aromatic heterocycles. The smallest absolute Gasteiger partial charge is 0.218 e. The summed E-state index contributed by atoms with van der Waals surface area (Å²) >= 11 is 6.00. The highest BCUT2D eigenvalue weighted by Crippen LogP contribution is 2.21. The Hall–Kier alpha value is -0.870. The van der Waals surface area contributed by atoms with E-state index in [2.05, 4.69) is 21.9 Å². The summed E-state index contributed by atoms with van der Waals surface area (Å²) < 4.78 is 5.91. The van der Waals surface area contributed by atoms with Crippen LogP contribution in [0.5, 0.6) is 5.88 Å². The first-order chi connectivity index (χ1) is 8.54. The van der Waals surface area contributed by atoms with Crippen LogP contribution >= 0.6 is 11.6 Å². The quantitative estimate of drug-likeness (QED) is 0.791. The third-order valence-electron chi connectivity index (χ3n) is 3.16. The molecule has 0 bridgehead atoms. The summed E-state index contributed by atoms with van der Waals surface area (Å²) in [7, 11) is 2.13. The lowest BCUT2D eigenvalue weighted by molar-refractivity contribution is 0.109. The van der Waals surface area contributed by atoms with Crippen molar-refractivity contribution in [3.63, 3.8) is 0 Å². The number of rotatable bonds is 3. The van der Waals surface area contributed by atoms with E-state index in [-0.39, 0.29) is 12.0 Å². The molecule has 0 N–H and O–H groups in total. The Kier molecular flexibility index (Phi) is 4.40. The largest absolute Gasteiger partial charge is 0.474 e. The second kappa shape index (κ2) is 5.85. The lowest BCUT2D eigenvalue weighted by atomic mass is 10.1. The Bertz CT molecular complexity index is 403. The number of likely N-dealkylation sites (tertiary alicyclic amines) is 1. The zero-order valence-electron chi connectivity index (χ0n) is 11.2. The van der Waals surface area contributed by atoms with Crippen molar-refractivity contribution in [3.8, 4) is 5.88 Å². The van der Waals surface area contributed by atoms with Crippen LogP contribution in [0.15, 0.2) is 6.07 Å². The molecule has 0 saturated carbocycles. The average Bonchev–Trinajstić information content (AvgIpc) is 2.31. The van der Waals surface area contributed by atoms with Gasteiger partial charge in [0.1, 0.15) is 17.1 Å². The minimum absolute atomic E-state index is 0.243. The van der Waals surface area contributed by atoms with Gasteiger partial charge >= 0.3 is 0 Å². The van der Waals surface area contributed by atoms with Crippen molar-refractivity contribution in [1.29, 1.82) is 0 Å². The van der Waals surface area contributed by atoms with Crippen molar-refractivity contribution >= 4 is 11.6 Å². The summed E-state index contributed by atoms with van der Waals surface area (Å²) in [5.74, 6) is 1.60. The molecule has 2 heterocycles. The van der Waals surface area contributed by atoms with Gasteiger partial charge in [0.25, 0.3) is 0 Å². The molecule has 5 heteroatoms. The van der Waals surface area contributed by atoms with Gasteiger partial charge in [-0.15, -0.1) is 0 Å². The maximum atomic E-state index is 6.00. The Labute approximate surface area is 113 Å². The van der Waals surface area contributed by atoms with Crippen molar-refractivity contribution in [2.75, 3.05) is 20.1 Å². The summed E-state index contributed by atoms with van der Waals surface area (Å²) in [5.41, 5.74) is 0. The number of hydrogen-bond acceptors (Lipinski definition) is 4. The number of hydrogen-bond donors (Lipinski definition) is 0. The number of piperidine rings is 1. The molecule has 1 aliphatic heterocycles. The van der Waals surface area contributed by atoms with Gasteiger partial charge in [0.2, 0.25) is 5.88 Å². The van der Waals surface area contributed by atoms with Gasteiger partial charge in [-0.3, -0.25) is 0 Å². The standard InChI is InChI=1S/C13H20ClN3O/c1-9(2)13-15-11(14)8-12(16-13)18-10-4-6-17(3)7-5-10/h8-10H,4-7H2,1-3H3. The molecule has 18 heavy (non-hydrogen) atoms. The van der Waals surface area contributed by atoms with Gasteiger partial charge in [0.15, 0.2) is 0 Å². The third kappa shape index (κ3) is 3.56. The molecular weight excluding hydrogens is 250 g/mol. The second-order valence-corrected chi connectivity index (χ2v) is 5.55. The van der Waals surface area contributed by atoms with E-state index in [1.54, 1.807) is 6.07 Å². The zero-order chi connectivity index (χ0) is 13.1. The van der Waals surface area contributed by atoms with Gasteiger partial charge in [0.05, 0.1) is 0 Å². The van der Waals surface area contributed by atoms with Crippen molar-refractivity contribution in [1.82, 2.24) is 14.9 Å². The highest BCUT2D eigenvalue weighted by molar-refractivity contribution is 6.29. The fraction of sp³-hybridized carbons (Fsp3) is 0.692. The highest BCUT2D eigenvalue weighted by Gasteiger charge is 2.19. The Morgan fingerprint density at radius 2 is 2.00 bits per heavy atom. The van der Waals surface area contributed by atoms with Crippen LogP contribution in [0.3, 0.4) is 0 Å². The maximum absolute atomic E-state index is 6.00. The van der Waals surface area contributed by atoms with Crippen molar-refractivity contribution in [2.24, 2.45) is 0 Å². The normalized spacial score (nSPS) is 18.3. The molecule has 1 aromatic rings. The first kappa shape index (κ1) is 13.6. The van der Waals surface area contributed by atoms with Crippen LogP contribution in [-0.4, -0.2) is 41.1 Å². The van der Waals surface area contributed by atoms with Crippen LogP contribution in [0.2, 0.25) is 5.15 Å². The maximum Gasteiger partial charge on any atom is 0.218 e. The van der Waals surface area contributed by atoms with E-state index >= 15 is 0 Å². The van der Waals surface area contributed by atoms with Gasteiger partial charge in [-0.1, -0.05) is 25.4 Å². The minimum atomic E-state index is 0.243. The fourth-order valence-corrected chi connectivity index (χ4v) is 2.19. The fourth-order valence-electron chi connectivity index (χ4n) is 2.01. The minimum Gasteiger partial charge on any atom is -0.474 e. The first-order valence-electron chi connectivity index (χ1n) is 6.44. The second-order valence-electron chi connectivity index (χ2n) is 5.16. The molecule has 1 saturated heterocycles. The van der Waals surface area contributed by atoms with E-state index < -0.39 is 0 Å². The molecule has 0 aromatic carbocycles. The van der Waals surface area contributed by atoms with E-state index in [1.165, 1.54) is 0 Å². The molecule has 1 fully saturated rings. The average molecular weight is 270 g/mol. The van der Waals surface area contributed by atoms with Crippen LogP contribution in [0.25, 0.3) is 0 Å². The number of aromatic nitrogens is 2. The van der Waals surface area contributed by atoms with Crippen molar-refractivity contribution < 1.29 is 4.74 Å². The number of halogens is 1. The Morgan fingerprint density at radius 3 is 2.61 bits per heavy atom. The van der Waals surface area contributed by atoms with Crippen LogP contribution in [-0.2, 0) is 0 Å². The van der Waals surface area contributed by atoms with Crippen molar-refractivity contribution in [3.05, 3.63) is 17.0 Å². The highest BCUT2D eigenvalue weighted by atomic mass is 35.5. The van der Waals surface area contributed by atoms with Gasteiger partial charge in [-0.05, 0) is 19.9 Å². The van der Waals surface area contributed by atoms with Gasteiger partial charge in [-0.2, -0.15) is 4.98 Å². The van der Waals surface area contributed by atoms with Crippen LogP contribution in [0.4, 0.5) is 0 Å². The Balaban J connectivity index is 2.04. The zero-order valence-corrected chi connectivity index (χ0v) is 11.9. The molecule has 2 rings (SSSR count). The van der Waals surface area contributed by atoms with Gasteiger partial charge < -0.3 is 9.64 Å². The lowest BCUT2D eigenvalue weighted by Crippen LogP contribution is -2.35. The van der Waals surface area contributed by atoms with E-state index in [1.807, 2.05) is 13.8 Å². The topological polar surface area (TPSA) is 38.2 Å². The molecular formula is C13H20ClN3O. The summed E-state index contributed by atoms with van der Waals surface area (Å²) in [6.45, 7) is 6.23. The summed E-state index contributed by atoms with van der Waals surface area (Å²) in [6, 6.07) is 1.70. The SMILES string of the molecule is CC(C)c1nc(Cl)cc(OC2CCN(C)CC2)n1.